The van der Waals surface area contributed by atoms with E-state index in [0.29, 0.717) is 19.3 Å². The highest BCUT2D eigenvalue weighted by atomic mass is 16.6. The van der Waals surface area contributed by atoms with Crippen LogP contribution in [0.1, 0.15) is 290 Å². The zero-order valence-corrected chi connectivity index (χ0v) is 45.6. The van der Waals surface area contributed by atoms with Crippen molar-refractivity contribution >= 4 is 17.9 Å². The zero-order chi connectivity index (χ0) is 50.0. The van der Waals surface area contributed by atoms with Crippen LogP contribution in [-0.4, -0.2) is 37.2 Å². The summed E-state index contributed by atoms with van der Waals surface area (Å²) in [5, 5.41) is 0. The van der Waals surface area contributed by atoms with Gasteiger partial charge in [0.25, 0.3) is 0 Å². The van der Waals surface area contributed by atoms with Crippen molar-refractivity contribution in [1.82, 2.24) is 0 Å². The van der Waals surface area contributed by atoms with Crippen LogP contribution in [0.3, 0.4) is 0 Å². The average molecular weight is 964 g/mol. The predicted octanol–water partition coefficient (Wildman–Crippen LogP) is 19.8. The first-order chi connectivity index (χ1) is 34.0. The summed E-state index contributed by atoms with van der Waals surface area (Å²) in [4.78, 5) is 38.2. The summed E-state index contributed by atoms with van der Waals surface area (Å²) in [5.74, 6) is -0.912. The van der Waals surface area contributed by atoms with Gasteiger partial charge < -0.3 is 14.2 Å². The smallest absolute Gasteiger partial charge is 0.306 e. The van der Waals surface area contributed by atoms with Crippen LogP contribution in [-0.2, 0) is 28.6 Å². The lowest BCUT2D eigenvalue weighted by Gasteiger charge is -2.18. The van der Waals surface area contributed by atoms with E-state index in [0.717, 1.165) is 96.3 Å². The van der Waals surface area contributed by atoms with E-state index in [9.17, 15) is 14.4 Å². The van der Waals surface area contributed by atoms with Crippen molar-refractivity contribution in [1.29, 1.82) is 0 Å². The molecule has 0 N–H and O–H groups in total. The Morgan fingerprint density at radius 3 is 0.913 bits per heavy atom. The summed E-state index contributed by atoms with van der Waals surface area (Å²) in [6.45, 7) is 6.52. The molecule has 0 saturated carbocycles. The van der Waals surface area contributed by atoms with Gasteiger partial charge in [0.2, 0.25) is 0 Å². The van der Waals surface area contributed by atoms with Crippen molar-refractivity contribution in [3.05, 3.63) is 72.9 Å². The molecule has 69 heavy (non-hydrogen) atoms. The van der Waals surface area contributed by atoms with Gasteiger partial charge in [0.1, 0.15) is 13.2 Å². The third-order valence-electron chi connectivity index (χ3n) is 12.7. The highest BCUT2D eigenvalue weighted by Crippen LogP contribution is 2.16. The Kier molecular flexibility index (Phi) is 54.8. The fourth-order valence-corrected chi connectivity index (χ4v) is 8.29. The van der Waals surface area contributed by atoms with Crippen LogP contribution in [0.5, 0.6) is 0 Å². The topological polar surface area (TPSA) is 78.9 Å². The first-order valence-corrected chi connectivity index (χ1v) is 29.4. The van der Waals surface area contributed by atoms with Crippen LogP contribution in [0.25, 0.3) is 0 Å². The molecule has 1 atom stereocenters. The number of allylic oxidation sites excluding steroid dienone is 12. The van der Waals surface area contributed by atoms with E-state index >= 15 is 0 Å². The van der Waals surface area contributed by atoms with Gasteiger partial charge in [-0.15, -0.1) is 0 Å². The molecule has 0 aromatic heterocycles. The van der Waals surface area contributed by atoms with Crippen LogP contribution < -0.4 is 0 Å². The lowest BCUT2D eigenvalue weighted by Crippen LogP contribution is -2.30. The summed E-state index contributed by atoms with van der Waals surface area (Å²) in [6, 6.07) is 0. The fraction of sp³-hybridized carbons (Fsp3) is 0.762. The van der Waals surface area contributed by atoms with Crippen molar-refractivity contribution in [2.45, 2.75) is 297 Å². The molecular weight excluding hydrogens is 853 g/mol. The van der Waals surface area contributed by atoms with Crippen LogP contribution in [0.15, 0.2) is 72.9 Å². The molecule has 0 aliphatic carbocycles. The molecule has 0 fully saturated rings. The highest BCUT2D eigenvalue weighted by molar-refractivity contribution is 5.71. The molecule has 0 aromatic rings. The number of esters is 3. The average Bonchev–Trinajstić information content (AvgIpc) is 3.35. The Hall–Kier alpha value is -3.15. The van der Waals surface area contributed by atoms with E-state index in [-0.39, 0.29) is 31.1 Å². The Labute approximate surface area is 427 Å². The van der Waals surface area contributed by atoms with E-state index in [1.807, 2.05) is 0 Å². The molecule has 0 bridgehead atoms. The summed E-state index contributed by atoms with van der Waals surface area (Å²) in [7, 11) is 0. The lowest BCUT2D eigenvalue weighted by atomic mass is 10.0. The summed E-state index contributed by atoms with van der Waals surface area (Å²) < 4.78 is 16.9. The molecule has 0 amide bonds. The molecule has 0 aliphatic heterocycles. The number of ether oxygens (including phenoxy) is 3. The van der Waals surface area contributed by atoms with E-state index in [2.05, 4.69) is 93.7 Å². The standard InChI is InChI=1S/C63H110O6/c1-4-7-10-13-16-19-22-25-28-30-32-34-35-38-41-44-47-50-53-56-62(65)68-59-60(58-67-61(64)55-52-49-46-43-40-37-27-24-21-18-15-12-9-6-3)69-63(66)57-54-51-48-45-42-39-36-33-31-29-26-23-20-17-14-11-8-5-2/h7,10,16,19,25,28-29,31-32,34,38,41,60H,4-6,8-9,11-15,17-18,20-24,26-27,30,33,35-37,39-40,42-59H2,1-3H3/b10-7-,19-16-,28-25-,31-29-,34-32-,41-38-. The molecule has 0 aliphatic rings. The van der Waals surface area contributed by atoms with Gasteiger partial charge in [0.05, 0.1) is 0 Å². The minimum absolute atomic E-state index is 0.0853. The molecule has 0 radical (unpaired) electrons. The van der Waals surface area contributed by atoms with E-state index in [1.165, 1.54) is 154 Å². The summed E-state index contributed by atoms with van der Waals surface area (Å²) in [5.41, 5.74) is 0. The highest BCUT2D eigenvalue weighted by Gasteiger charge is 2.19. The molecule has 1 unspecified atom stereocenters. The monoisotopic (exact) mass is 963 g/mol. The number of hydrogen-bond acceptors (Lipinski definition) is 6. The van der Waals surface area contributed by atoms with Gasteiger partial charge in [0.15, 0.2) is 6.10 Å². The SMILES string of the molecule is CC/C=C\C/C=C\C/C=C\C/C=C\C/C=C\CCCCCC(=O)OCC(COC(=O)CCCCCCCCCCCCCCCC)OC(=O)CCCCCCCCC/C=C\CCCCCCCCC. The number of hydrogen-bond donors (Lipinski definition) is 0. The molecule has 6 nitrogen and oxygen atoms in total. The second-order valence-electron chi connectivity index (χ2n) is 19.5. The van der Waals surface area contributed by atoms with Crippen molar-refractivity contribution < 1.29 is 28.6 Å². The largest absolute Gasteiger partial charge is 0.462 e. The van der Waals surface area contributed by atoms with Crippen LogP contribution in [0, 0.1) is 0 Å². The summed E-state index contributed by atoms with van der Waals surface area (Å²) in [6.07, 6.45) is 73.2. The lowest BCUT2D eigenvalue weighted by molar-refractivity contribution is -0.167. The second-order valence-corrected chi connectivity index (χ2v) is 19.5. The van der Waals surface area contributed by atoms with Gasteiger partial charge in [-0.05, 0) is 89.9 Å². The first kappa shape index (κ1) is 65.8. The molecule has 0 rings (SSSR count). The molecule has 398 valence electrons. The van der Waals surface area contributed by atoms with E-state index < -0.39 is 6.10 Å². The van der Waals surface area contributed by atoms with Gasteiger partial charge in [-0.25, -0.2) is 0 Å². The quantitative estimate of drug-likeness (QED) is 0.0262. The normalized spacial score (nSPS) is 12.6. The maximum atomic E-state index is 12.9. The van der Waals surface area contributed by atoms with Crippen LogP contribution in [0.4, 0.5) is 0 Å². The Morgan fingerprint density at radius 1 is 0.304 bits per heavy atom. The minimum Gasteiger partial charge on any atom is -0.462 e. The van der Waals surface area contributed by atoms with E-state index in [4.69, 9.17) is 14.2 Å². The molecule has 6 heteroatoms. The minimum atomic E-state index is -0.790. The molecule has 0 aromatic carbocycles. The van der Waals surface area contributed by atoms with Crippen molar-refractivity contribution in [3.8, 4) is 0 Å². The third kappa shape index (κ3) is 55.6. The van der Waals surface area contributed by atoms with Crippen molar-refractivity contribution in [2.75, 3.05) is 13.2 Å². The maximum absolute atomic E-state index is 12.9. The first-order valence-electron chi connectivity index (χ1n) is 29.4. The van der Waals surface area contributed by atoms with Crippen molar-refractivity contribution in [2.24, 2.45) is 0 Å². The van der Waals surface area contributed by atoms with Gasteiger partial charge in [-0.3, -0.25) is 14.4 Å². The Bertz CT molecular complexity index is 1290. The van der Waals surface area contributed by atoms with Gasteiger partial charge >= 0.3 is 17.9 Å². The Balaban J connectivity index is 4.43. The number of unbranched alkanes of at least 4 members (excludes halogenated alkanes) is 30. The van der Waals surface area contributed by atoms with Crippen molar-refractivity contribution in [3.63, 3.8) is 0 Å². The fourth-order valence-electron chi connectivity index (χ4n) is 8.29. The second kappa shape index (κ2) is 57.4. The van der Waals surface area contributed by atoms with Gasteiger partial charge in [-0.2, -0.15) is 0 Å². The zero-order valence-electron chi connectivity index (χ0n) is 45.6. The van der Waals surface area contributed by atoms with Crippen LogP contribution >= 0.6 is 0 Å². The Morgan fingerprint density at radius 2 is 0.565 bits per heavy atom. The van der Waals surface area contributed by atoms with Gasteiger partial charge in [-0.1, -0.05) is 254 Å². The number of carbonyl (C=O) groups excluding carboxylic acids is 3. The number of rotatable bonds is 53. The van der Waals surface area contributed by atoms with E-state index in [1.54, 1.807) is 0 Å². The third-order valence-corrected chi connectivity index (χ3v) is 12.7. The van der Waals surface area contributed by atoms with Crippen LogP contribution in [0.2, 0.25) is 0 Å². The molecular formula is C63H110O6. The number of carbonyl (C=O) groups is 3. The molecule has 0 saturated heterocycles. The predicted molar refractivity (Wildman–Crippen MR) is 298 cm³/mol. The summed E-state index contributed by atoms with van der Waals surface area (Å²) >= 11 is 0. The van der Waals surface area contributed by atoms with Gasteiger partial charge in [0, 0.05) is 19.3 Å². The molecule has 0 heterocycles. The maximum Gasteiger partial charge on any atom is 0.306 e. The molecule has 0 spiro atoms.